The average Bonchev–Trinajstić information content (AvgIpc) is 3.16. The van der Waals surface area contributed by atoms with E-state index in [4.69, 9.17) is 4.74 Å². The highest BCUT2D eigenvalue weighted by Crippen LogP contribution is 2.24. The zero-order chi connectivity index (χ0) is 22.7. The van der Waals surface area contributed by atoms with Crippen molar-refractivity contribution in [2.45, 2.75) is 13.8 Å². The van der Waals surface area contributed by atoms with Crippen molar-refractivity contribution in [2.24, 2.45) is 0 Å². The van der Waals surface area contributed by atoms with E-state index in [0.717, 1.165) is 11.3 Å². The number of amides is 2. The lowest BCUT2D eigenvalue weighted by Gasteiger charge is -2.09. The number of aromatic nitrogens is 2. The van der Waals surface area contributed by atoms with Crippen molar-refractivity contribution < 1.29 is 14.3 Å². The molecular weight excluding hydrogens is 428 g/mol. The molecule has 2 N–H and O–H groups in total. The zero-order valence-corrected chi connectivity index (χ0v) is 18.2. The molecule has 8 nitrogen and oxygen atoms in total. The van der Waals surface area contributed by atoms with Crippen molar-refractivity contribution in [3.8, 4) is 5.75 Å². The van der Waals surface area contributed by atoms with Gasteiger partial charge in [-0.25, -0.2) is 9.38 Å². The fourth-order valence-electron chi connectivity index (χ4n) is 3.15. The van der Waals surface area contributed by atoms with Crippen LogP contribution < -0.4 is 20.9 Å². The van der Waals surface area contributed by atoms with Crippen LogP contribution in [0.15, 0.2) is 65.5 Å². The van der Waals surface area contributed by atoms with Crippen molar-refractivity contribution in [3.05, 3.63) is 87.3 Å². The van der Waals surface area contributed by atoms with E-state index in [9.17, 15) is 14.4 Å². The SMILES string of the molecule is CCOc1ccc(NC(=O)c2c(C(=O)Nc3ccccc3)sc3nc(C)cc(=O)n23)cc1. The number of carbonyl (C=O) groups is 2. The number of para-hydroxylation sites is 1. The second-order valence-electron chi connectivity index (χ2n) is 6.87. The van der Waals surface area contributed by atoms with Crippen LogP contribution in [0.1, 0.15) is 32.8 Å². The molecule has 0 saturated heterocycles. The molecule has 0 spiro atoms. The Kier molecular flexibility index (Phi) is 6.00. The molecular formula is C23H20N4O4S. The molecule has 2 aromatic carbocycles. The van der Waals surface area contributed by atoms with Gasteiger partial charge in [-0.3, -0.25) is 14.4 Å². The third kappa shape index (κ3) is 4.37. The van der Waals surface area contributed by atoms with Gasteiger partial charge in [-0.1, -0.05) is 29.5 Å². The lowest BCUT2D eigenvalue weighted by Crippen LogP contribution is -2.25. The number of fused-ring (bicyclic) bond motifs is 1. The number of thiazole rings is 1. The molecule has 0 bridgehead atoms. The van der Waals surface area contributed by atoms with Gasteiger partial charge in [0.05, 0.1) is 6.61 Å². The van der Waals surface area contributed by atoms with Gasteiger partial charge >= 0.3 is 0 Å². The maximum Gasteiger partial charge on any atom is 0.274 e. The summed E-state index contributed by atoms with van der Waals surface area (Å²) >= 11 is 0.986. The van der Waals surface area contributed by atoms with E-state index in [-0.39, 0.29) is 15.5 Å². The van der Waals surface area contributed by atoms with E-state index in [0.29, 0.717) is 29.4 Å². The number of anilines is 2. The first-order valence-electron chi connectivity index (χ1n) is 9.90. The smallest absolute Gasteiger partial charge is 0.274 e. The quantitative estimate of drug-likeness (QED) is 0.465. The number of aryl methyl sites for hydroxylation is 1. The summed E-state index contributed by atoms with van der Waals surface area (Å²) in [5.74, 6) is -0.419. The molecule has 0 saturated carbocycles. The standard InChI is InChI=1S/C23H20N4O4S/c1-3-31-17-11-9-16(10-12-17)25-21(29)19-20(22(30)26-15-7-5-4-6-8-15)32-23-24-14(2)13-18(28)27(19)23/h4-13H,3H2,1-2H3,(H,25,29)(H,26,30). The number of hydrogen-bond acceptors (Lipinski definition) is 6. The number of rotatable bonds is 6. The van der Waals surface area contributed by atoms with Crippen molar-refractivity contribution in [1.82, 2.24) is 9.38 Å². The summed E-state index contributed by atoms with van der Waals surface area (Å²) in [5, 5.41) is 5.52. The predicted molar refractivity (Wildman–Crippen MR) is 124 cm³/mol. The minimum absolute atomic E-state index is 0.0650. The third-order valence-corrected chi connectivity index (χ3v) is 5.56. The second kappa shape index (κ2) is 9.03. The third-order valence-electron chi connectivity index (χ3n) is 4.52. The summed E-state index contributed by atoms with van der Waals surface area (Å²) in [6, 6.07) is 17.0. The highest BCUT2D eigenvalue weighted by Gasteiger charge is 2.26. The Balaban J connectivity index is 1.74. The van der Waals surface area contributed by atoms with Crippen LogP contribution in [0.4, 0.5) is 11.4 Å². The number of benzene rings is 2. The summed E-state index contributed by atoms with van der Waals surface area (Å²) in [4.78, 5) is 43.6. The topological polar surface area (TPSA) is 102 Å². The molecule has 2 aromatic heterocycles. The highest BCUT2D eigenvalue weighted by molar-refractivity contribution is 7.19. The van der Waals surface area contributed by atoms with Gasteiger partial charge in [0.2, 0.25) is 0 Å². The Morgan fingerprint density at radius 2 is 1.66 bits per heavy atom. The molecule has 0 unspecified atom stereocenters. The lowest BCUT2D eigenvalue weighted by atomic mass is 10.2. The minimum atomic E-state index is -0.591. The molecule has 2 amide bonds. The molecule has 0 fully saturated rings. The fourth-order valence-corrected chi connectivity index (χ4v) is 4.21. The number of carbonyl (C=O) groups excluding carboxylic acids is 2. The maximum atomic E-state index is 13.2. The van der Waals surface area contributed by atoms with Crippen molar-refractivity contribution in [2.75, 3.05) is 17.2 Å². The van der Waals surface area contributed by atoms with Crippen LogP contribution in [0.5, 0.6) is 5.75 Å². The van der Waals surface area contributed by atoms with Crippen LogP contribution >= 0.6 is 11.3 Å². The second-order valence-corrected chi connectivity index (χ2v) is 7.84. The summed E-state index contributed by atoms with van der Waals surface area (Å²) in [5.41, 5.74) is 1.08. The molecule has 162 valence electrons. The van der Waals surface area contributed by atoms with E-state index >= 15 is 0 Å². The predicted octanol–water partition coefficient (Wildman–Crippen LogP) is 3.97. The molecule has 0 aliphatic rings. The molecule has 2 heterocycles. The Labute approximate surface area is 187 Å². The van der Waals surface area contributed by atoms with Gasteiger partial charge in [0.25, 0.3) is 17.4 Å². The average molecular weight is 449 g/mol. The molecule has 32 heavy (non-hydrogen) atoms. The van der Waals surface area contributed by atoms with Crippen molar-refractivity contribution in [1.29, 1.82) is 0 Å². The largest absolute Gasteiger partial charge is 0.494 e. The van der Waals surface area contributed by atoms with Crippen LogP contribution in [0.3, 0.4) is 0 Å². The first-order chi connectivity index (χ1) is 15.5. The monoisotopic (exact) mass is 448 g/mol. The summed E-state index contributed by atoms with van der Waals surface area (Å²) in [6.07, 6.45) is 0. The van der Waals surface area contributed by atoms with E-state index in [1.165, 1.54) is 10.5 Å². The summed E-state index contributed by atoms with van der Waals surface area (Å²) in [7, 11) is 0. The van der Waals surface area contributed by atoms with E-state index in [2.05, 4.69) is 15.6 Å². The van der Waals surface area contributed by atoms with Gasteiger partial charge in [0, 0.05) is 23.1 Å². The van der Waals surface area contributed by atoms with Gasteiger partial charge in [0.1, 0.15) is 16.3 Å². The lowest BCUT2D eigenvalue weighted by molar-refractivity contribution is 0.0989. The van der Waals surface area contributed by atoms with Crippen LogP contribution in [0.2, 0.25) is 0 Å². The maximum absolute atomic E-state index is 13.2. The molecule has 0 aliphatic carbocycles. The summed E-state index contributed by atoms with van der Waals surface area (Å²) < 4.78 is 6.58. The van der Waals surface area contributed by atoms with Gasteiger partial charge in [-0.05, 0) is 50.2 Å². The Bertz CT molecular complexity index is 1340. The van der Waals surface area contributed by atoms with Crippen molar-refractivity contribution in [3.63, 3.8) is 0 Å². The highest BCUT2D eigenvalue weighted by atomic mass is 32.1. The molecule has 4 rings (SSSR count). The molecule has 9 heteroatoms. The summed E-state index contributed by atoms with van der Waals surface area (Å²) in [6.45, 7) is 4.10. The Hall–Kier alpha value is -3.98. The Morgan fingerprint density at radius 1 is 1.00 bits per heavy atom. The van der Waals surface area contributed by atoms with Crippen LogP contribution in [0, 0.1) is 6.92 Å². The molecule has 0 atom stereocenters. The van der Waals surface area contributed by atoms with Crippen LogP contribution in [-0.4, -0.2) is 27.8 Å². The number of ether oxygens (including phenoxy) is 1. The zero-order valence-electron chi connectivity index (χ0n) is 17.4. The first kappa shape index (κ1) is 21.3. The van der Waals surface area contributed by atoms with Crippen LogP contribution in [0.25, 0.3) is 4.96 Å². The fraction of sp³-hybridized carbons (Fsp3) is 0.130. The van der Waals surface area contributed by atoms with Gasteiger partial charge in [-0.15, -0.1) is 0 Å². The van der Waals surface area contributed by atoms with Gasteiger partial charge in [-0.2, -0.15) is 0 Å². The minimum Gasteiger partial charge on any atom is -0.494 e. The van der Waals surface area contributed by atoms with E-state index in [1.807, 2.05) is 13.0 Å². The van der Waals surface area contributed by atoms with Gasteiger partial charge < -0.3 is 15.4 Å². The molecule has 4 aromatic rings. The van der Waals surface area contributed by atoms with E-state index < -0.39 is 17.4 Å². The normalized spacial score (nSPS) is 10.7. The van der Waals surface area contributed by atoms with Gasteiger partial charge in [0.15, 0.2) is 4.96 Å². The van der Waals surface area contributed by atoms with E-state index in [1.54, 1.807) is 55.5 Å². The van der Waals surface area contributed by atoms with Crippen molar-refractivity contribution >= 4 is 39.5 Å². The number of nitrogens with zero attached hydrogens (tertiary/aromatic N) is 2. The molecule has 0 aliphatic heterocycles. The Morgan fingerprint density at radius 3 is 2.34 bits per heavy atom. The first-order valence-corrected chi connectivity index (χ1v) is 10.7. The number of hydrogen-bond donors (Lipinski definition) is 2. The van der Waals surface area contributed by atoms with Crippen LogP contribution in [-0.2, 0) is 0 Å². The molecule has 0 radical (unpaired) electrons. The number of nitrogens with one attached hydrogen (secondary N) is 2.